The van der Waals surface area contributed by atoms with E-state index in [4.69, 9.17) is 5.11 Å². The molecule has 0 saturated heterocycles. The molecule has 0 spiro atoms. The summed E-state index contributed by atoms with van der Waals surface area (Å²) < 4.78 is 0. The van der Waals surface area contributed by atoms with Gasteiger partial charge in [0.1, 0.15) is 0 Å². The smallest absolute Gasteiger partial charge is 0.310 e. The Morgan fingerprint density at radius 3 is 2.39 bits per heavy atom. The summed E-state index contributed by atoms with van der Waals surface area (Å²) in [5.74, 6) is -0.771. The second-order valence-electron chi connectivity index (χ2n) is 5.58. The number of carboxylic acids is 1. The van der Waals surface area contributed by atoms with Crippen molar-refractivity contribution in [3.8, 4) is 0 Å². The highest BCUT2D eigenvalue weighted by Gasteiger charge is 2.26. The summed E-state index contributed by atoms with van der Waals surface area (Å²) >= 11 is 0. The summed E-state index contributed by atoms with van der Waals surface area (Å²) in [5.41, 5.74) is 4.40. The average molecular weight is 249 g/mol. The van der Waals surface area contributed by atoms with Gasteiger partial charge in [-0.3, -0.25) is 4.79 Å². The summed E-state index contributed by atoms with van der Waals surface area (Å²) in [5, 5.41) is 12.3. The predicted molar refractivity (Wildman–Crippen MR) is 73.8 cm³/mol. The average Bonchev–Trinajstić information content (AvgIpc) is 2.29. The van der Waals surface area contributed by atoms with E-state index in [0.29, 0.717) is 13.1 Å². The molecule has 0 bridgehead atoms. The molecule has 0 unspecified atom stereocenters. The molecule has 0 heterocycles. The third-order valence-electron chi connectivity index (χ3n) is 3.63. The lowest BCUT2D eigenvalue weighted by Gasteiger charge is -2.20. The zero-order chi connectivity index (χ0) is 13.9. The lowest BCUT2D eigenvalue weighted by molar-refractivity contribution is -0.146. The molecule has 18 heavy (non-hydrogen) atoms. The Balaban J connectivity index is 2.66. The van der Waals surface area contributed by atoms with Crippen molar-refractivity contribution < 1.29 is 9.90 Å². The number of rotatable bonds is 5. The molecule has 1 rings (SSSR count). The van der Waals surface area contributed by atoms with Crippen molar-refractivity contribution in [1.29, 1.82) is 0 Å². The third kappa shape index (κ3) is 3.33. The maximum Gasteiger partial charge on any atom is 0.310 e. The first kappa shape index (κ1) is 14.7. The van der Waals surface area contributed by atoms with Gasteiger partial charge in [0.05, 0.1) is 5.41 Å². The number of carbonyl (C=O) groups is 1. The van der Waals surface area contributed by atoms with E-state index >= 15 is 0 Å². The van der Waals surface area contributed by atoms with Crippen molar-refractivity contribution in [2.24, 2.45) is 5.41 Å². The van der Waals surface area contributed by atoms with Crippen molar-refractivity contribution in [3.63, 3.8) is 0 Å². The number of carboxylic acid groups (broad SMARTS) is 1. The maximum absolute atomic E-state index is 11.0. The first-order valence-corrected chi connectivity index (χ1v) is 6.25. The van der Waals surface area contributed by atoms with Gasteiger partial charge < -0.3 is 10.4 Å². The summed E-state index contributed by atoms with van der Waals surface area (Å²) in [6.45, 7) is 11.0. The molecule has 0 aromatic heterocycles. The Labute approximate surface area is 109 Å². The van der Waals surface area contributed by atoms with E-state index in [1.54, 1.807) is 13.8 Å². The van der Waals surface area contributed by atoms with Gasteiger partial charge in [0.15, 0.2) is 0 Å². The van der Waals surface area contributed by atoms with E-state index in [-0.39, 0.29) is 0 Å². The van der Waals surface area contributed by atoms with Crippen LogP contribution in [0.4, 0.5) is 0 Å². The fraction of sp³-hybridized carbons (Fsp3) is 0.533. The summed E-state index contributed by atoms with van der Waals surface area (Å²) in [7, 11) is 0. The fourth-order valence-corrected chi connectivity index (χ4v) is 1.79. The van der Waals surface area contributed by atoms with Crippen LogP contribution in [0.15, 0.2) is 12.1 Å². The molecule has 0 fully saturated rings. The first-order valence-electron chi connectivity index (χ1n) is 6.25. The van der Waals surface area contributed by atoms with Gasteiger partial charge in [0.25, 0.3) is 0 Å². The van der Waals surface area contributed by atoms with E-state index in [9.17, 15) is 4.79 Å². The third-order valence-corrected chi connectivity index (χ3v) is 3.63. The van der Waals surface area contributed by atoms with E-state index in [1.807, 2.05) is 0 Å². The SMILES string of the molecule is Cc1ccc(CNCC(C)(C)C(=O)O)c(C)c1C. The summed E-state index contributed by atoms with van der Waals surface area (Å²) in [6.07, 6.45) is 0. The van der Waals surface area contributed by atoms with E-state index in [1.165, 1.54) is 22.3 Å². The van der Waals surface area contributed by atoms with Gasteiger partial charge in [0.2, 0.25) is 0 Å². The predicted octanol–water partition coefficient (Wildman–Crippen LogP) is 2.81. The number of hydrogen-bond acceptors (Lipinski definition) is 2. The minimum atomic E-state index is -0.771. The Morgan fingerprint density at radius 2 is 1.83 bits per heavy atom. The molecule has 0 atom stereocenters. The van der Waals surface area contributed by atoms with Gasteiger partial charge in [-0.05, 0) is 56.9 Å². The van der Waals surface area contributed by atoms with Crippen LogP contribution < -0.4 is 5.32 Å². The molecule has 0 aliphatic heterocycles. The molecule has 1 aromatic carbocycles. The second kappa shape index (κ2) is 5.53. The summed E-state index contributed by atoms with van der Waals surface area (Å²) in [6, 6.07) is 4.22. The van der Waals surface area contributed by atoms with Crippen LogP contribution >= 0.6 is 0 Å². The van der Waals surface area contributed by atoms with Gasteiger partial charge in [-0.1, -0.05) is 12.1 Å². The molecule has 0 amide bonds. The molecular formula is C15H23NO2. The van der Waals surface area contributed by atoms with Crippen LogP contribution in [-0.4, -0.2) is 17.6 Å². The highest BCUT2D eigenvalue weighted by molar-refractivity contribution is 5.73. The normalized spacial score (nSPS) is 11.6. The lowest BCUT2D eigenvalue weighted by atomic mass is 9.93. The number of benzene rings is 1. The van der Waals surface area contributed by atoms with Crippen LogP contribution in [0.1, 0.15) is 36.1 Å². The Morgan fingerprint density at radius 1 is 1.22 bits per heavy atom. The second-order valence-corrected chi connectivity index (χ2v) is 5.58. The van der Waals surface area contributed by atoms with E-state index in [2.05, 4.69) is 38.2 Å². The monoisotopic (exact) mass is 249 g/mol. The number of nitrogens with one attached hydrogen (secondary N) is 1. The topological polar surface area (TPSA) is 49.3 Å². The van der Waals surface area contributed by atoms with Crippen LogP contribution in [0.25, 0.3) is 0 Å². The minimum absolute atomic E-state index is 0.467. The minimum Gasteiger partial charge on any atom is -0.481 e. The highest BCUT2D eigenvalue weighted by Crippen LogP contribution is 2.18. The lowest BCUT2D eigenvalue weighted by Crippen LogP contribution is -2.35. The van der Waals surface area contributed by atoms with Crippen LogP contribution in [0.3, 0.4) is 0 Å². The summed E-state index contributed by atoms with van der Waals surface area (Å²) in [4.78, 5) is 11.0. The Hall–Kier alpha value is -1.35. The molecule has 100 valence electrons. The molecule has 3 nitrogen and oxygen atoms in total. The quantitative estimate of drug-likeness (QED) is 0.843. The molecule has 3 heteroatoms. The molecule has 2 N–H and O–H groups in total. The highest BCUT2D eigenvalue weighted by atomic mass is 16.4. The van der Waals surface area contributed by atoms with E-state index < -0.39 is 11.4 Å². The number of hydrogen-bond donors (Lipinski definition) is 2. The zero-order valence-electron chi connectivity index (χ0n) is 11.9. The van der Waals surface area contributed by atoms with Gasteiger partial charge in [0, 0.05) is 13.1 Å². The van der Waals surface area contributed by atoms with Crippen molar-refractivity contribution in [3.05, 3.63) is 34.4 Å². The zero-order valence-corrected chi connectivity index (χ0v) is 11.9. The maximum atomic E-state index is 11.0. The first-order chi connectivity index (χ1) is 8.25. The Bertz CT molecular complexity index is 450. The molecule has 0 aliphatic carbocycles. The van der Waals surface area contributed by atoms with Crippen LogP contribution in [0.2, 0.25) is 0 Å². The largest absolute Gasteiger partial charge is 0.481 e. The van der Waals surface area contributed by atoms with Crippen molar-refractivity contribution in [2.45, 2.75) is 41.2 Å². The van der Waals surface area contributed by atoms with Gasteiger partial charge in [-0.15, -0.1) is 0 Å². The van der Waals surface area contributed by atoms with Crippen LogP contribution in [-0.2, 0) is 11.3 Å². The fourth-order valence-electron chi connectivity index (χ4n) is 1.79. The van der Waals surface area contributed by atoms with Crippen LogP contribution in [0, 0.1) is 26.2 Å². The van der Waals surface area contributed by atoms with Crippen molar-refractivity contribution in [1.82, 2.24) is 5.32 Å². The molecular weight excluding hydrogens is 226 g/mol. The van der Waals surface area contributed by atoms with Gasteiger partial charge in [-0.25, -0.2) is 0 Å². The molecule has 0 radical (unpaired) electrons. The number of aryl methyl sites for hydroxylation is 1. The van der Waals surface area contributed by atoms with Gasteiger partial charge in [-0.2, -0.15) is 0 Å². The molecule has 0 aliphatic rings. The van der Waals surface area contributed by atoms with Crippen molar-refractivity contribution in [2.75, 3.05) is 6.54 Å². The Kier molecular flexibility index (Phi) is 4.52. The molecule has 1 aromatic rings. The van der Waals surface area contributed by atoms with E-state index in [0.717, 1.165) is 0 Å². The van der Waals surface area contributed by atoms with Crippen molar-refractivity contribution >= 4 is 5.97 Å². The molecule has 0 saturated carbocycles. The van der Waals surface area contributed by atoms with Crippen LogP contribution in [0.5, 0.6) is 0 Å². The van der Waals surface area contributed by atoms with Gasteiger partial charge >= 0.3 is 5.97 Å². The number of aliphatic carboxylic acids is 1. The standard InChI is InChI=1S/C15H23NO2/c1-10-6-7-13(12(3)11(10)2)8-16-9-15(4,5)14(17)18/h6-7,16H,8-9H2,1-5H3,(H,17,18).